The average molecular weight is 228 g/mol. The van der Waals surface area contributed by atoms with E-state index in [2.05, 4.69) is 13.0 Å². The molecule has 0 radical (unpaired) electrons. The van der Waals surface area contributed by atoms with Gasteiger partial charge in [-0.05, 0) is 30.0 Å². The Bertz CT molecular complexity index is 444. The van der Waals surface area contributed by atoms with Crippen molar-refractivity contribution in [2.75, 3.05) is 13.1 Å². The summed E-state index contributed by atoms with van der Waals surface area (Å²) in [5.41, 5.74) is 1.62. The fraction of sp³-hybridized carbons (Fsp3) is 0.429. The summed E-state index contributed by atoms with van der Waals surface area (Å²) in [5.74, 6) is 0.818. The summed E-state index contributed by atoms with van der Waals surface area (Å²) in [6, 6.07) is 9.31. The largest absolute Gasteiger partial charge is 0.342 e. The fourth-order valence-electron chi connectivity index (χ4n) is 2.15. The third-order valence-electron chi connectivity index (χ3n) is 3.21. The Hall–Kier alpha value is -1.82. The second-order valence-corrected chi connectivity index (χ2v) is 4.72. The van der Waals surface area contributed by atoms with Gasteiger partial charge < -0.3 is 4.90 Å². The summed E-state index contributed by atoms with van der Waals surface area (Å²) < 4.78 is 0. The monoisotopic (exact) mass is 228 g/mol. The highest BCUT2D eigenvalue weighted by Crippen LogP contribution is 2.16. The predicted molar refractivity (Wildman–Crippen MR) is 65.2 cm³/mol. The average Bonchev–Trinajstić information content (AvgIpc) is 2.77. The molecule has 1 fully saturated rings. The fourth-order valence-corrected chi connectivity index (χ4v) is 2.15. The lowest BCUT2D eigenvalue weighted by molar-refractivity contribution is -0.129. The van der Waals surface area contributed by atoms with Gasteiger partial charge in [-0.1, -0.05) is 19.1 Å². The number of carbonyl (C=O) groups excluding carboxylic acids is 1. The van der Waals surface area contributed by atoms with E-state index in [0.29, 0.717) is 17.9 Å². The Labute approximate surface area is 102 Å². The molecule has 1 aromatic rings. The van der Waals surface area contributed by atoms with Crippen molar-refractivity contribution in [3.05, 3.63) is 35.4 Å². The van der Waals surface area contributed by atoms with Gasteiger partial charge in [0, 0.05) is 13.1 Å². The first-order valence-corrected chi connectivity index (χ1v) is 5.96. The van der Waals surface area contributed by atoms with E-state index in [1.165, 1.54) is 0 Å². The Morgan fingerprint density at radius 1 is 1.47 bits per heavy atom. The quantitative estimate of drug-likeness (QED) is 0.776. The number of nitriles is 1. The molecule has 3 heteroatoms. The van der Waals surface area contributed by atoms with Crippen molar-refractivity contribution in [1.82, 2.24) is 4.90 Å². The lowest BCUT2D eigenvalue weighted by Crippen LogP contribution is -2.29. The highest BCUT2D eigenvalue weighted by molar-refractivity contribution is 5.79. The van der Waals surface area contributed by atoms with E-state index in [1.807, 2.05) is 17.0 Å². The summed E-state index contributed by atoms with van der Waals surface area (Å²) in [7, 11) is 0. The van der Waals surface area contributed by atoms with Crippen molar-refractivity contribution in [1.29, 1.82) is 5.26 Å². The number of nitrogens with zero attached hydrogens (tertiary/aromatic N) is 2. The third kappa shape index (κ3) is 2.85. The number of carbonyl (C=O) groups is 1. The maximum Gasteiger partial charge on any atom is 0.226 e. The molecule has 1 atom stereocenters. The van der Waals surface area contributed by atoms with Crippen molar-refractivity contribution in [3.8, 4) is 6.07 Å². The van der Waals surface area contributed by atoms with Crippen LogP contribution < -0.4 is 0 Å². The van der Waals surface area contributed by atoms with Crippen LogP contribution in [0.15, 0.2) is 24.3 Å². The van der Waals surface area contributed by atoms with Crippen LogP contribution in [0.25, 0.3) is 0 Å². The van der Waals surface area contributed by atoms with Gasteiger partial charge in [-0.15, -0.1) is 0 Å². The maximum absolute atomic E-state index is 12.0. The van der Waals surface area contributed by atoms with Gasteiger partial charge in [-0.25, -0.2) is 0 Å². The molecular formula is C14H16N2O. The number of hydrogen-bond acceptors (Lipinski definition) is 2. The van der Waals surface area contributed by atoms with Gasteiger partial charge >= 0.3 is 0 Å². The van der Waals surface area contributed by atoms with Crippen LogP contribution >= 0.6 is 0 Å². The molecule has 0 aliphatic carbocycles. The normalized spacial score (nSPS) is 19.1. The molecule has 0 bridgehead atoms. The topological polar surface area (TPSA) is 44.1 Å². The Kier molecular flexibility index (Phi) is 3.43. The van der Waals surface area contributed by atoms with Crippen molar-refractivity contribution >= 4 is 5.91 Å². The zero-order valence-corrected chi connectivity index (χ0v) is 10.0. The first-order chi connectivity index (χ1) is 8.19. The van der Waals surface area contributed by atoms with Crippen molar-refractivity contribution in [3.63, 3.8) is 0 Å². The minimum absolute atomic E-state index is 0.194. The summed E-state index contributed by atoms with van der Waals surface area (Å²) in [5, 5.41) is 8.69. The molecule has 1 saturated heterocycles. The van der Waals surface area contributed by atoms with Gasteiger partial charge in [-0.3, -0.25) is 4.79 Å². The number of rotatable bonds is 2. The van der Waals surface area contributed by atoms with Gasteiger partial charge in [0.25, 0.3) is 0 Å². The van der Waals surface area contributed by atoms with E-state index in [4.69, 9.17) is 5.26 Å². The molecule has 88 valence electrons. The van der Waals surface area contributed by atoms with Gasteiger partial charge in [0.15, 0.2) is 0 Å². The summed E-state index contributed by atoms with van der Waals surface area (Å²) in [6.45, 7) is 3.94. The predicted octanol–water partition coefficient (Wildman–Crippen LogP) is 1.97. The second-order valence-electron chi connectivity index (χ2n) is 4.72. The van der Waals surface area contributed by atoms with E-state index in [0.717, 1.165) is 25.1 Å². The molecule has 1 aromatic carbocycles. The molecule has 1 amide bonds. The standard InChI is InChI=1S/C14H16N2O/c1-11-6-7-16(10-11)14(17)8-12-2-4-13(9-15)5-3-12/h2-5,11H,6-8,10H2,1H3/t11-/m1/s1. The number of hydrogen-bond donors (Lipinski definition) is 0. The SMILES string of the molecule is C[C@@H]1CCN(C(=O)Cc2ccc(C#N)cc2)C1. The summed E-state index contributed by atoms with van der Waals surface area (Å²) in [6.07, 6.45) is 1.55. The maximum atomic E-state index is 12.0. The van der Waals surface area contributed by atoms with Crippen LogP contribution in [-0.2, 0) is 11.2 Å². The van der Waals surface area contributed by atoms with Crippen LogP contribution in [0.1, 0.15) is 24.5 Å². The van der Waals surface area contributed by atoms with Gasteiger partial charge in [0.1, 0.15) is 0 Å². The van der Waals surface area contributed by atoms with Crippen LogP contribution in [0.2, 0.25) is 0 Å². The van der Waals surface area contributed by atoms with E-state index in [9.17, 15) is 4.79 Å². The molecule has 0 unspecified atom stereocenters. The molecule has 3 nitrogen and oxygen atoms in total. The van der Waals surface area contributed by atoms with Crippen LogP contribution in [0.4, 0.5) is 0 Å². The Morgan fingerprint density at radius 2 is 2.18 bits per heavy atom. The molecule has 2 rings (SSSR count). The van der Waals surface area contributed by atoms with Crippen LogP contribution in [-0.4, -0.2) is 23.9 Å². The highest BCUT2D eigenvalue weighted by atomic mass is 16.2. The number of amides is 1. The van der Waals surface area contributed by atoms with Gasteiger partial charge in [0.2, 0.25) is 5.91 Å². The van der Waals surface area contributed by atoms with Crippen molar-refractivity contribution < 1.29 is 4.79 Å². The number of likely N-dealkylation sites (tertiary alicyclic amines) is 1. The molecule has 1 aliphatic heterocycles. The molecule has 17 heavy (non-hydrogen) atoms. The van der Waals surface area contributed by atoms with Crippen LogP contribution in [0.5, 0.6) is 0 Å². The van der Waals surface area contributed by atoms with E-state index >= 15 is 0 Å². The van der Waals surface area contributed by atoms with Crippen molar-refractivity contribution in [2.24, 2.45) is 5.92 Å². The highest BCUT2D eigenvalue weighted by Gasteiger charge is 2.22. The van der Waals surface area contributed by atoms with Crippen LogP contribution in [0.3, 0.4) is 0 Å². The second kappa shape index (κ2) is 5.01. The first kappa shape index (κ1) is 11.7. The molecule has 0 saturated carbocycles. The summed E-state index contributed by atoms with van der Waals surface area (Å²) >= 11 is 0. The van der Waals surface area contributed by atoms with E-state index < -0.39 is 0 Å². The molecule has 0 N–H and O–H groups in total. The van der Waals surface area contributed by atoms with E-state index in [-0.39, 0.29) is 5.91 Å². The van der Waals surface area contributed by atoms with Crippen LogP contribution in [0, 0.1) is 17.2 Å². The smallest absolute Gasteiger partial charge is 0.226 e. The molecule has 1 heterocycles. The molecular weight excluding hydrogens is 212 g/mol. The third-order valence-corrected chi connectivity index (χ3v) is 3.21. The summed E-state index contributed by atoms with van der Waals surface area (Å²) in [4.78, 5) is 13.9. The van der Waals surface area contributed by atoms with Crippen molar-refractivity contribution in [2.45, 2.75) is 19.8 Å². The minimum Gasteiger partial charge on any atom is -0.342 e. The lowest BCUT2D eigenvalue weighted by Gasteiger charge is -2.15. The van der Waals surface area contributed by atoms with E-state index in [1.54, 1.807) is 12.1 Å². The van der Waals surface area contributed by atoms with Gasteiger partial charge in [-0.2, -0.15) is 5.26 Å². The number of benzene rings is 1. The Morgan fingerprint density at radius 3 is 2.71 bits per heavy atom. The van der Waals surface area contributed by atoms with Gasteiger partial charge in [0.05, 0.1) is 18.1 Å². The Balaban J connectivity index is 1.96. The molecule has 0 aromatic heterocycles. The zero-order chi connectivity index (χ0) is 12.3. The zero-order valence-electron chi connectivity index (χ0n) is 10.0. The minimum atomic E-state index is 0.194. The lowest BCUT2D eigenvalue weighted by atomic mass is 10.1. The molecule has 0 spiro atoms. The molecule has 1 aliphatic rings. The first-order valence-electron chi connectivity index (χ1n) is 5.96.